The molecule has 21 heavy (non-hydrogen) atoms. The highest BCUT2D eigenvalue weighted by molar-refractivity contribution is 9.10. The molecule has 2 rings (SSSR count). The molecule has 1 aliphatic rings. The Labute approximate surface area is 134 Å². The SMILES string of the molecule is O=C(CCC(=O)N1CCCCCCC1)c1ccc(Br)cc1. The summed E-state index contributed by atoms with van der Waals surface area (Å²) in [4.78, 5) is 26.2. The number of nitrogens with zero attached hydrogens (tertiary/aromatic N) is 1. The molecule has 1 fully saturated rings. The predicted molar refractivity (Wildman–Crippen MR) is 87.4 cm³/mol. The zero-order valence-electron chi connectivity index (χ0n) is 12.3. The Morgan fingerprint density at radius 3 is 2.10 bits per heavy atom. The van der Waals surface area contributed by atoms with Gasteiger partial charge < -0.3 is 4.90 Å². The van der Waals surface area contributed by atoms with Gasteiger partial charge in [-0.2, -0.15) is 0 Å². The van der Waals surface area contributed by atoms with Crippen LogP contribution in [-0.2, 0) is 4.79 Å². The van der Waals surface area contributed by atoms with Gasteiger partial charge in [-0.05, 0) is 25.0 Å². The third-order valence-corrected chi connectivity index (χ3v) is 4.47. The van der Waals surface area contributed by atoms with E-state index in [1.54, 1.807) is 12.1 Å². The Morgan fingerprint density at radius 1 is 0.905 bits per heavy atom. The van der Waals surface area contributed by atoms with Crippen LogP contribution in [0.15, 0.2) is 28.7 Å². The van der Waals surface area contributed by atoms with E-state index in [0.717, 1.165) is 30.4 Å². The van der Waals surface area contributed by atoms with Crippen LogP contribution in [0, 0.1) is 0 Å². The van der Waals surface area contributed by atoms with E-state index in [-0.39, 0.29) is 11.7 Å². The molecule has 1 amide bonds. The molecule has 0 saturated carbocycles. The first-order valence-corrected chi connectivity index (χ1v) is 8.52. The Bertz CT molecular complexity index is 476. The Balaban J connectivity index is 1.82. The number of rotatable bonds is 4. The van der Waals surface area contributed by atoms with Crippen molar-refractivity contribution in [2.24, 2.45) is 0 Å². The summed E-state index contributed by atoms with van der Waals surface area (Å²) in [6.45, 7) is 1.70. The van der Waals surface area contributed by atoms with Gasteiger partial charge in [0.25, 0.3) is 0 Å². The van der Waals surface area contributed by atoms with Crippen molar-refractivity contribution in [1.29, 1.82) is 0 Å². The number of ketones is 1. The first kappa shape index (κ1) is 16.2. The number of hydrogen-bond donors (Lipinski definition) is 0. The fourth-order valence-corrected chi connectivity index (χ4v) is 2.92. The van der Waals surface area contributed by atoms with Crippen molar-refractivity contribution in [2.45, 2.75) is 44.9 Å². The maximum absolute atomic E-state index is 12.2. The zero-order valence-corrected chi connectivity index (χ0v) is 13.9. The minimum absolute atomic E-state index is 0.0443. The summed E-state index contributed by atoms with van der Waals surface area (Å²) >= 11 is 3.35. The predicted octanol–water partition coefficient (Wildman–Crippen LogP) is 4.20. The number of hydrogen-bond acceptors (Lipinski definition) is 2. The van der Waals surface area contributed by atoms with Crippen molar-refractivity contribution in [3.63, 3.8) is 0 Å². The summed E-state index contributed by atoms with van der Waals surface area (Å²) < 4.78 is 0.954. The molecule has 114 valence electrons. The molecule has 3 nitrogen and oxygen atoms in total. The quantitative estimate of drug-likeness (QED) is 0.762. The first-order valence-electron chi connectivity index (χ1n) is 7.73. The van der Waals surface area contributed by atoms with E-state index in [2.05, 4.69) is 15.9 Å². The first-order chi connectivity index (χ1) is 10.2. The van der Waals surface area contributed by atoms with Gasteiger partial charge >= 0.3 is 0 Å². The van der Waals surface area contributed by atoms with E-state index in [1.165, 1.54) is 19.3 Å². The van der Waals surface area contributed by atoms with Crippen LogP contribution in [0.1, 0.15) is 55.3 Å². The van der Waals surface area contributed by atoms with Gasteiger partial charge in [-0.3, -0.25) is 9.59 Å². The Hall–Kier alpha value is -1.16. The minimum atomic E-state index is 0.0443. The fraction of sp³-hybridized carbons (Fsp3) is 0.529. The van der Waals surface area contributed by atoms with E-state index < -0.39 is 0 Å². The van der Waals surface area contributed by atoms with Crippen molar-refractivity contribution in [3.8, 4) is 0 Å². The van der Waals surface area contributed by atoms with E-state index in [1.807, 2.05) is 17.0 Å². The van der Waals surface area contributed by atoms with E-state index in [0.29, 0.717) is 18.4 Å². The van der Waals surface area contributed by atoms with Crippen LogP contribution in [0.3, 0.4) is 0 Å². The molecule has 1 aromatic carbocycles. The lowest BCUT2D eigenvalue weighted by Gasteiger charge is -2.24. The van der Waals surface area contributed by atoms with Crippen LogP contribution in [0.4, 0.5) is 0 Å². The molecule has 1 aliphatic heterocycles. The lowest BCUT2D eigenvalue weighted by Crippen LogP contribution is -2.33. The highest BCUT2D eigenvalue weighted by Crippen LogP contribution is 2.15. The average molecular weight is 352 g/mol. The lowest BCUT2D eigenvalue weighted by molar-refractivity contribution is -0.131. The maximum atomic E-state index is 12.2. The number of amides is 1. The third-order valence-electron chi connectivity index (χ3n) is 3.94. The fourth-order valence-electron chi connectivity index (χ4n) is 2.66. The average Bonchev–Trinajstić information content (AvgIpc) is 2.45. The van der Waals surface area contributed by atoms with E-state index in [9.17, 15) is 9.59 Å². The third kappa shape index (κ3) is 5.27. The number of benzene rings is 1. The van der Waals surface area contributed by atoms with Gasteiger partial charge in [0.1, 0.15) is 0 Å². The van der Waals surface area contributed by atoms with Crippen LogP contribution >= 0.6 is 15.9 Å². The Kier molecular flexibility index (Phi) is 6.43. The highest BCUT2D eigenvalue weighted by atomic mass is 79.9. The second kappa shape index (κ2) is 8.32. The molecule has 0 atom stereocenters. The molecule has 0 unspecified atom stereocenters. The minimum Gasteiger partial charge on any atom is -0.343 e. The number of carbonyl (C=O) groups excluding carboxylic acids is 2. The highest BCUT2D eigenvalue weighted by Gasteiger charge is 2.16. The monoisotopic (exact) mass is 351 g/mol. The standard InChI is InChI=1S/C17H22BrNO2/c18-15-8-6-14(7-9-15)16(20)10-11-17(21)19-12-4-2-1-3-5-13-19/h6-9H,1-5,10-13H2. The molecular weight excluding hydrogens is 330 g/mol. The van der Waals surface area contributed by atoms with E-state index in [4.69, 9.17) is 0 Å². The molecule has 0 aliphatic carbocycles. The zero-order chi connectivity index (χ0) is 15.1. The van der Waals surface area contributed by atoms with Crippen LogP contribution in [0.25, 0.3) is 0 Å². The molecule has 0 aromatic heterocycles. The lowest BCUT2D eigenvalue weighted by atomic mass is 10.1. The van der Waals surface area contributed by atoms with Crippen LogP contribution in [0.5, 0.6) is 0 Å². The van der Waals surface area contributed by atoms with Gasteiger partial charge in [0.2, 0.25) is 5.91 Å². The van der Waals surface area contributed by atoms with Crippen molar-refractivity contribution in [3.05, 3.63) is 34.3 Å². The molecule has 0 spiro atoms. The van der Waals surface area contributed by atoms with Crippen LogP contribution < -0.4 is 0 Å². The van der Waals surface area contributed by atoms with Crippen molar-refractivity contribution < 1.29 is 9.59 Å². The van der Waals surface area contributed by atoms with E-state index >= 15 is 0 Å². The van der Waals surface area contributed by atoms with Gasteiger partial charge in [-0.25, -0.2) is 0 Å². The molecule has 1 aromatic rings. The van der Waals surface area contributed by atoms with Gasteiger partial charge in [0, 0.05) is 36.0 Å². The van der Waals surface area contributed by atoms with Crippen LogP contribution in [0.2, 0.25) is 0 Å². The van der Waals surface area contributed by atoms with Crippen molar-refractivity contribution in [2.75, 3.05) is 13.1 Å². The second-order valence-corrected chi connectivity index (χ2v) is 6.49. The summed E-state index contributed by atoms with van der Waals surface area (Å²) in [5.41, 5.74) is 0.679. The molecule has 0 radical (unpaired) electrons. The van der Waals surface area contributed by atoms with Gasteiger partial charge in [0.15, 0.2) is 5.78 Å². The molecule has 4 heteroatoms. The number of Topliss-reactive ketones (excluding diaryl/α,β-unsaturated/α-hetero) is 1. The van der Waals surface area contributed by atoms with Crippen molar-refractivity contribution >= 4 is 27.6 Å². The summed E-state index contributed by atoms with van der Waals surface area (Å²) in [5.74, 6) is 0.172. The summed E-state index contributed by atoms with van der Waals surface area (Å²) in [6, 6.07) is 7.31. The van der Waals surface area contributed by atoms with Gasteiger partial charge in [-0.1, -0.05) is 47.3 Å². The number of halogens is 1. The molecule has 0 bridgehead atoms. The molecule has 1 saturated heterocycles. The normalized spacial score (nSPS) is 16.1. The topological polar surface area (TPSA) is 37.4 Å². The molecular formula is C17H22BrNO2. The van der Waals surface area contributed by atoms with Crippen LogP contribution in [-0.4, -0.2) is 29.7 Å². The largest absolute Gasteiger partial charge is 0.343 e. The smallest absolute Gasteiger partial charge is 0.223 e. The number of carbonyl (C=O) groups is 2. The second-order valence-electron chi connectivity index (χ2n) is 5.58. The number of likely N-dealkylation sites (tertiary alicyclic amines) is 1. The maximum Gasteiger partial charge on any atom is 0.223 e. The van der Waals surface area contributed by atoms with Gasteiger partial charge in [-0.15, -0.1) is 0 Å². The van der Waals surface area contributed by atoms with Gasteiger partial charge in [0.05, 0.1) is 0 Å². The molecule has 1 heterocycles. The Morgan fingerprint density at radius 2 is 1.48 bits per heavy atom. The summed E-state index contributed by atoms with van der Waals surface area (Å²) in [7, 11) is 0. The summed E-state index contributed by atoms with van der Waals surface area (Å²) in [5, 5.41) is 0. The van der Waals surface area contributed by atoms with Crippen molar-refractivity contribution in [1.82, 2.24) is 4.90 Å². The molecule has 0 N–H and O–H groups in total. The summed E-state index contributed by atoms with van der Waals surface area (Å²) in [6.07, 6.45) is 6.51.